The van der Waals surface area contributed by atoms with E-state index >= 15 is 0 Å². The van der Waals surface area contributed by atoms with E-state index in [-0.39, 0.29) is 0 Å². The van der Waals surface area contributed by atoms with Gasteiger partial charge in [0.25, 0.3) is 0 Å². The number of hydrogen-bond donors (Lipinski definition) is 1. The Labute approximate surface area is 110 Å². The van der Waals surface area contributed by atoms with Gasteiger partial charge in [-0.2, -0.15) is 0 Å². The molecule has 18 heavy (non-hydrogen) atoms. The molecule has 0 unspecified atom stereocenters. The van der Waals surface area contributed by atoms with Crippen LogP contribution < -0.4 is 10.2 Å². The van der Waals surface area contributed by atoms with Crippen LogP contribution in [0, 0.1) is 0 Å². The van der Waals surface area contributed by atoms with Crippen molar-refractivity contribution in [2.75, 3.05) is 18.0 Å². The lowest BCUT2D eigenvalue weighted by Gasteiger charge is -2.34. The number of piperidine rings is 1. The van der Waals surface area contributed by atoms with Crippen LogP contribution in [0.15, 0.2) is 24.3 Å². The van der Waals surface area contributed by atoms with E-state index in [2.05, 4.69) is 41.4 Å². The molecule has 0 amide bonds. The van der Waals surface area contributed by atoms with Crippen LogP contribution in [0.3, 0.4) is 0 Å². The van der Waals surface area contributed by atoms with Gasteiger partial charge in [-0.15, -0.1) is 0 Å². The van der Waals surface area contributed by atoms with Crippen molar-refractivity contribution in [3.05, 3.63) is 29.8 Å². The van der Waals surface area contributed by atoms with E-state index in [1.54, 1.807) is 0 Å². The first-order chi connectivity index (χ1) is 8.85. The predicted octanol–water partition coefficient (Wildman–Crippen LogP) is 2.97. The Hall–Kier alpha value is -1.02. The van der Waals surface area contributed by atoms with Gasteiger partial charge >= 0.3 is 0 Å². The Bertz CT molecular complexity index is 373. The summed E-state index contributed by atoms with van der Waals surface area (Å²) in [7, 11) is 0. The highest BCUT2D eigenvalue weighted by Crippen LogP contribution is 2.24. The van der Waals surface area contributed by atoms with Crippen molar-refractivity contribution in [3.63, 3.8) is 0 Å². The zero-order valence-corrected chi connectivity index (χ0v) is 11.4. The molecule has 2 heteroatoms. The van der Waals surface area contributed by atoms with E-state index in [1.807, 2.05) is 0 Å². The maximum atomic E-state index is 3.76. The number of anilines is 1. The first-order valence-electron chi connectivity index (χ1n) is 7.45. The first kappa shape index (κ1) is 12.0. The van der Waals surface area contributed by atoms with Crippen molar-refractivity contribution >= 4 is 5.69 Å². The summed E-state index contributed by atoms with van der Waals surface area (Å²) < 4.78 is 0. The molecule has 1 aromatic carbocycles. The summed E-state index contributed by atoms with van der Waals surface area (Å²) in [5.41, 5.74) is 2.83. The van der Waals surface area contributed by atoms with Crippen LogP contribution in [0.1, 0.15) is 38.2 Å². The molecule has 1 heterocycles. The van der Waals surface area contributed by atoms with E-state index in [0.29, 0.717) is 0 Å². The molecule has 1 aliphatic carbocycles. The number of nitrogens with zero attached hydrogens (tertiary/aromatic N) is 1. The molecule has 1 aromatic rings. The smallest absolute Gasteiger partial charge is 0.0366 e. The zero-order valence-electron chi connectivity index (χ0n) is 11.4. The number of rotatable bonds is 4. The van der Waals surface area contributed by atoms with Crippen LogP contribution in [-0.2, 0) is 6.42 Å². The molecule has 1 saturated heterocycles. The lowest BCUT2D eigenvalue weighted by molar-refractivity contribution is 0.413. The topological polar surface area (TPSA) is 15.3 Å². The summed E-state index contributed by atoms with van der Waals surface area (Å²) in [5.74, 6) is 0. The third kappa shape index (κ3) is 2.86. The molecule has 0 aromatic heterocycles. The molecule has 0 bridgehead atoms. The summed E-state index contributed by atoms with van der Waals surface area (Å²) >= 11 is 0. The molecule has 2 aliphatic rings. The summed E-state index contributed by atoms with van der Waals surface area (Å²) in [4.78, 5) is 2.53. The third-order valence-electron chi connectivity index (χ3n) is 4.25. The minimum atomic E-state index is 0.767. The summed E-state index contributed by atoms with van der Waals surface area (Å²) in [5, 5.41) is 3.76. The van der Waals surface area contributed by atoms with Crippen molar-refractivity contribution in [1.82, 2.24) is 5.32 Å². The number of nitrogens with one attached hydrogen (secondary N) is 1. The van der Waals surface area contributed by atoms with Crippen LogP contribution >= 0.6 is 0 Å². The van der Waals surface area contributed by atoms with E-state index < -0.39 is 0 Å². The van der Waals surface area contributed by atoms with Gasteiger partial charge in [0.05, 0.1) is 0 Å². The predicted molar refractivity (Wildman–Crippen MR) is 77.2 cm³/mol. The van der Waals surface area contributed by atoms with Crippen molar-refractivity contribution in [2.45, 2.75) is 51.1 Å². The van der Waals surface area contributed by atoms with E-state index in [4.69, 9.17) is 0 Å². The fourth-order valence-electron chi connectivity index (χ4n) is 2.83. The fourth-order valence-corrected chi connectivity index (χ4v) is 2.83. The van der Waals surface area contributed by atoms with Crippen LogP contribution in [-0.4, -0.2) is 25.2 Å². The maximum absolute atomic E-state index is 3.76. The van der Waals surface area contributed by atoms with Crippen LogP contribution in [0.2, 0.25) is 0 Å². The molecule has 0 radical (unpaired) electrons. The molecular formula is C16H24N2. The van der Waals surface area contributed by atoms with Gasteiger partial charge in [-0.05, 0) is 49.8 Å². The van der Waals surface area contributed by atoms with Crippen molar-refractivity contribution in [2.24, 2.45) is 0 Å². The highest BCUT2D eigenvalue weighted by atomic mass is 15.2. The highest BCUT2D eigenvalue weighted by Gasteiger charge is 2.27. The second kappa shape index (κ2) is 5.31. The van der Waals surface area contributed by atoms with E-state index in [0.717, 1.165) is 18.5 Å². The van der Waals surface area contributed by atoms with Crippen LogP contribution in [0.5, 0.6) is 0 Å². The normalized spacial score (nSPS) is 21.3. The van der Waals surface area contributed by atoms with Gasteiger partial charge in [0.15, 0.2) is 0 Å². The van der Waals surface area contributed by atoms with Gasteiger partial charge in [-0.25, -0.2) is 0 Å². The molecule has 2 nitrogen and oxygen atoms in total. The largest absolute Gasteiger partial charge is 0.371 e. The monoisotopic (exact) mass is 244 g/mol. The fraction of sp³-hybridized carbons (Fsp3) is 0.625. The lowest BCUT2D eigenvalue weighted by Crippen LogP contribution is -2.43. The molecule has 1 N–H and O–H groups in total. The molecule has 98 valence electrons. The zero-order chi connectivity index (χ0) is 12.4. The van der Waals surface area contributed by atoms with Gasteiger partial charge in [0.2, 0.25) is 0 Å². The van der Waals surface area contributed by atoms with Gasteiger partial charge in [0.1, 0.15) is 0 Å². The first-order valence-corrected chi connectivity index (χ1v) is 7.45. The summed E-state index contributed by atoms with van der Waals surface area (Å²) in [6, 6.07) is 10.7. The van der Waals surface area contributed by atoms with Gasteiger partial charge in [0, 0.05) is 30.9 Å². The minimum Gasteiger partial charge on any atom is -0.371 e. The number of hydrogen-bond acceptors (Lipinski definition) is 2. The van der Waals surface area contributed by atoms with Gasteiger partial charge in [-0.3, -0.25) is 0 Å². The molecule has 0 atom stereocenters. The Kier molecular flexibility index (Phi) is 3.55. The van der Waals surface area contributed by atoms with Crippen LogP contribution in [0.25, 0.3) is 0 Å². The molecule has 0 spiro atoms. The average molecular weight is 244 g/mol. The Balaban J connectivity index is 1.54. The highest BCUT2D eigenvalue weighted by molar-refractivity contribution is 5.48. The minimum absolute atomic E-state index is 0.767. The Morgan fingerprint density at radius 3 is 2.17 bits per heavy atom. The second-order valence-electron chi connectivity index (χ2n) is 5.72. The maximum Gasteiger partial charge on any atom is 0.0366 e. The van der Waals surface area contributed by atoms with Crippen molar-refractivity contribution < 1.29 is 0 Å². The van der Waals surface area contributed by atoms with E-state index in [9.17, 15) is 0 Å². The Morgan fingerprint density at radius 2 is 1.61 bits per heavy atom. The van der Waals surface area contributed by atoms with Gasteiger partial charge < -0.3 is 10.2 Å². The molecule has 1 saturated carbocycles. The van der Waals surface area contributed by atoms with Crippen molar-refractivity contribution in [1.29, 1.82) is 0 Å². The average Bonchev–Trinajstić information content (AvgIpc) is 3.24. The standard InChI is InChI=1S/C16H24N2/c1-2-13-3-7-16(8-4-13)18-11-9-15(10-12-18)17-14-5-6-14/h3-4,7-8,14-15,17H,2,5-6,9-12H2,1H3. The molecule has 1 aliphatic heterocycles. The Morgan fingerprint density at radius 1 is 1.00 bits per heavy atom. The van der Waals surface area contributed by atoms with Gasteiger partial charge in [-0.1, -0.05) is 19.1 Å². The van der Waals surface area contributed by atoms with Crippen LogP contribution in [0.4, 0.5) is 5.69 Å². The quantitative estimate of drug-likeness (QED) is 0.876. The summed E-state index contributed by atoms with van der Waals surface area (Å²) in [6.45, 7) is 4.62. The lowest BCUT2D eigenvalue weighted by atomic mass is 10.0. The number of aryl methyl sites for hydroxylation is 1. The second-order valence-corrected chi connectivity index (χ2v) is 5.72. The molecular weight excluding hydrogens is 220 g/mol. The van der Waals surface area contributed by atoms with E-state index in [1.165, 1.54) is 50.0 Å². The third-order valence-corrected chi connectivity index (χ3v) is 4.25. The molecule has 3 rings (SSSR count). The SMILES string of the molecule is CCc1ccc(N2CCC(NC3CC3)CC2)cc1. The molecule has 2 fully saturated rings. The van der Waals surface area contributed by atoms with Crippen molar-refractivity contribution in [3.8, 4) is 0 Å². The summed E-state index contributed by atoms with van der Waals surface area (Å²) in [6.07, 6.45) is 6.53. The number of benzene rings is 1.